The second-order valence-electron chi connectivity index (χ2n) is 11.7. The molecule has 9 nitrogen and oxygen atoms in total. The molecule has 6 rings (SSSR count). The summed E-state index contributed by atoms with van der Waals surface area (Å²) >= 11 is 1.47. The third-order valence-corrected chi connectivity index (χ3v) is 9.60. The van der Waals surface area contributed by atoms with Crippen molar-refractivity contribution in [1.29, 1.82) is 0 Å². The molecule has 1 fully saturated rings. The summed E-state index contributed by atoms with van der Waals surface area (Å²) in [5.41, 5.74) is 3.48. The molecule has 3 heterocycles. The zero-order valence-corrected chi connectivity index (χ0v) is 26.1. The fourth-order valence-electron chi connectivity index (χ4n) is 5.88. The Labute approximate surface area is 259 Å². The van der Waals surface area contributed by atoms with Gasteiger partial charge in [-0.15, -0.1) is 11.3 Å². The minimum atomic E-state index is -0.627. The Balaban J connectivity index is 1.26. The lowest BCUT2D eigenvalue weighted by atomic mass is 9.99. The highest BCUT2D eigenvalue weighted by Gasteiger charge is 2.32. The van der Waals surface area contributed by atoms with Crippen molar-refractivity contribution in [2.24, 2.45) is 7.05 Å². The molecule has 2 aliphatic rings. The van der Waals surface area contributed by atoms with Gasteiger partial charge in [-0.3, -0.25) is 19.3 Å². The zero-order chi connectivity index (χ0) is 31.1. The molecule has 4 aromatic rings. The van der Waals surface area contributed by atoms with Gasteiger partial charge in [-0.05, 0) is 86.7 Å². The van der Waals surface area contributed by atoms with Crippen LogP contribution in [0.2, 0.25) is 0 Å². The lowest BCUT2D eigenvalue weighted by molar-refractivity contribution is -0.139. The molecule has 2 amide bonds. The highest BCUT2D eigenvalue weighted by molar-refractivity contribution is 7.14. The molecule has 228 valence electrons. The first-order valence-corrected chi connectivity index (χ1v) is 15.5. The quantitative estimate of drug-likeness (QED) is 0.307. The maximum absolute atomic E-state index is 16.0. The first-order valence-electron chi connectivity index (χ1n) is 14.7. The van der Waals surface area contributed by atoms with Crippen molar-refractivity contribution >= 4 is 40.3 Å². The van der Waals surface area contributed by atoms with Crippen LogP contribution in [0.5, 0.6) is 0 Å². The Kier molecular flexibility index (Phi) is 8.08. The SMILES string of the molecule is Cc1cc(NC(=O)c2cc3c(s2)CCCC3)c(F)c(-c2cn(C)c(=O)c(Nc3ccc(C4C(=O)N(C)CCN4C)cc3)n2)c1. The largest absolute Gasteiger partial charge is 0.343 e. The molecule has 0 saturated carbocycles. The van der Waals surface area contributed by atoms with Crippen LogP contribution in [0.15, 0.2) is 53.5 Å². The second kappa shape index (κ2) is 12.0. The molecule has 1 aliphatic heterocycles. The predicted molar refractivity (Wildman–Crippen MR) is 171 cm³/mol. The summed E-state index contributed by atoms with van der Waals surface area (Å²) in [6.45, 7) is 3.27. The van der Waals surface area contributed by atoms with Crippen LogP contribution in [0.4, 0.5) is 21.6 Å². The number of rotatable bonds is 6. The number of hydrogen-bond donors (Lipinski definition) is 2. The van der Waals surface area contributed by atoms with Gasteiger partial charge in [0.1, 0.15) is 6.04 Å². The average Bonchev–Trinajstić information content (AvgIpc) is 3.45. The van der Waals surface area contributed by atoms with Crippen LogP contribution in [0.1, 0.15) is 50.1 Å². The number of nitrogens with zero attached hydrogens (tertiary/aromatic N) is 4. The van der Waals surface area contributed by atoms with Gasteiger partial charge in [-0.1, -0.05) is 12.1 Å². The Morgan fingerprint density at radius 2 is 1.77 bits per heavy atom. The lowest BCUT2D eigenvalue weighted by Crippen LogP contribution is -2.48. The third kappa shape index (κ3) is 5.77. The number of piperazine rings is 1. The van der Waals surface area contributed by atoms with Crippen LogP contribution in [-0.2, 0) is 24.7 Å². The molecule has 0 radical (unpaired) electrons. The van der Waals surface area contributed by atoms with Crippen molar-refractivity contribution in [2.45, 2.75) is 38.6 Å². The first-order chi connectivity index (χ1) is 21.1. The van der Waals surface area contributed by atoms with Gasteiger partial charge in [0.15, 0.2) is 11.6 Å². The van der Waals surface area contributed by atoms with Gasteiger partial charge in [0.05, 0.1) is 16.3 Å². The van der Waals surface area contributed by atoms with Crippen molar-refractivity contribution < 1.29 is 14.0 Å². The summed E-state index contributed by atoms with van der Waals surface area (Å²) in [7, 11) is 5.31. The van der Waals surface area contributed by atoms with Crippen molar-refractivity contribution in [3.05, 3.63) is 91.3 Å². The molecule has 1 aliphatic carbocycles. The van der Waals surface area contributed by atoms with E-state index in [1.165, 1.54) is 32.5 Å². The van der Waals surface area contributed by atoms with E-state index in [1.807, 2.05) is 37.1 Å². The van der Waals surface area contributed by atoms with Crippen molar-refractivity contribution in [3.63, 3.8) is 0 Å². The molecule has 1 unspecified atom stereocenters. The number of aryl methyl sites for hydroxylation is 4. The number of nitrogens with one attached hydrogen (secondary N) is 2. The fourth-order valence-corrected chi connectivity index (χ4v) is 7.03. The number of likely N-dealkylation sites (N-methyl/N-ethyl adjacent to an activating group) is 2. The van der Waals surface area contributed by atoms with Crippen molar-refractivity contribution in [2.75, 3.05) is 37.8 Å². The van der Waals surface area contributed by atoms with Crippen molar-refractivity contribution in [3.8, 4) is 11.3 Å². The maximum atomic E-state index is 16.0. The number of halogens is 1. The third-order valence-electron chi connectivity index (χ3n) is 8.36. The van der Waals surface area contributed by atoms with E-state index in [2.05, 4.69) is 15.6 Å². The van der Waals surface area contributed by atoms with Gasteiger partial charge in [0, 0.05) is 49.5 Å². The summed E-state index contributed by atoms with van der Waals surface area (Å²) in [4.78, 5) is 49.0. The molecule has 2 aromatic heterocycles. The van der Waals surface area contributed by atoms with E-state index in [0.29, 0.717) is 17.1 Å². The molecule has 0 spiro atoms. The summed E-state index contributed by atoms with van der Waals surface area (Å²) < 4.78 is 17.3. The van der Waals surface area contributed by atoms with E-state index in [4.69, 9.17) is 0 Å². The summed E-state index contributed by atoms with van der Waals surface area (Å²) in [6.07, 6.45) is 5.66. The number of benzene rings is 2. The Morgan fingerprint density at radius 3 is 2.52 bits per heavy atom. The summed E-state index contributed by atoms with van der Waals surface area (Å²) in [6, 6.07) is 12.1. The number of thiophene rings is 1. The van der Waals surface area contributed by atoms with Crippen LogP contribution >= 0.6 is 11.3 Å². The average molecular weight is 615 g/mol. The topological polar surface area (TPSA) is 99.6 Å². The van der Waals surface area contributed by atoms with Crippen LogP contribution in [0.25, 0.3) is 11.3 Å². The standard InChI is InChI=1S/C33H35FN6O3S/c1-19-15-23(28(34)24(16-19)37-31(41)27-17-21-7-5-6-8-26(21)44-27)25-18-40(4)33(43)30(36-25)35-22-11-9-20(10-12-22)29-32(42)39(3)14-13-38(29)2/h9-12,15-18,29H,5-8,13-14H2,1-4H3,(H,35,36)(H,37,41). The summed E-state index contributed by atoms with van der Waals surface area (Å²) in [5, 5.41) is 5.83. The minimum absolute atomic E-state index is 0.0269. The van der Waals surface area contributed by atoms with Crippen LogP contribution < -0.4 is 16.2 Å². The monoisotopic (exact) mass is 614 g/mol. The second-order valence-corrected chi connectivity index (χ2v) is 12.8. The molecule has 44 heavy (non-hydrogen) atoms. The Hall–Kier alpha value is -4.35. The number of aromatic nitrogens is 2. The fraction of sp³-hybridized carbons (Fsp3) is 0.333. The summed E-state index contributed by atoms with van der Waals surface area (Å²) in [5.74, 6) is -0.906. The minimum Gasteiger partial charge on any atom is -0.343 e. The Morgan fingerprint density at radius 1 is 1.02 bits per heavy atom. The van der Waals surface area contributed by atoms with E-state index < -0.39 is 5.82 Å². The Bertz CT molecular complexity index is 1790. The van der Waals surface area contributed by atoms with E-state index in [0.717, 1.165) is 43.4 Å². The predicted octanol–water partition coefficient (Wildman–Crippen LogP) is 5.28. The normalized spacial score (nSPS) is 17.0. The molecule has 11 heteroatoms. The van der Waals surface area contributed by atoms with Crippen LogP contribution in [0.3, 0.4) is 0 Å². The molecular weight excluding hydrogens is 579 g/mol. The van der Waals surface area contributed by atoms with E-state index >= 15 is 4.39 Å². The van der Waals surface area contributed by atoms with Gasteiger partial charge in [0.25, 0.3) is 11.5 Å². The van der Waals surface area contributed by atoms with Gasteiger partial charge in [-0.2, -0.15) is 0 Å². The number of carbonyl (C=O) groups excluding carboxylic acids is 2. The van der Waals surface area contributed by atoms with E-state index in [1.54, 1.807) is 43.3 Å². The van der Waals surface area contributed by atoms with E-state index in [9.17, 15) is 14.4 Å². The highest BCUT2D eigenvalue weighted by atomic mass is 32.1. The number of amides is 2. The zero-order valence-electron chi connectivity index (χ0n) is 25.2. The lowest BCUT2D eigenvalue weighted by Gasteiger charge is -2.37. The maximum Gasteiger partial charge on any atom is 0.293 e. The van der Waals surface area contributed by atoms with Crippen LogP contribution in [-0.4, -0.2) is 58.4 Å². The molecule has 1 atom stereocenters. The van der Waals surface area contributed by atoms with Gasteiger partial charge >= 0.3 is 0 Å². The number of fused-ring (bicyclic) bond motifs is 1. The number of hydrogen-bond acceptors (Lipinski definition) is 7. The van der Waals surface area contributed by atoms with Crippen LogP contribution in [0, 0.1) is 12.7 Å². The van der Waals surface area contributed by atoms with Gasteiger partial charge in [0.2, 0.25) is 5.91 Å². The van der Waals surface area contributed by atoms with Gasteiger partial charge < -0.3 is 20.1 Å². The first kappa shape index (κ1) is 29.7. The molecule has 2 N–H and O–H groups in total. The molecule has 0 bridgehead atoms. The molecular formula is C33H35FN6O3S. The van der Waals surface area contributed by atoms with E-state index in [-0.39, 0.29) is 46.2 Å². The molecule has 2 aromatic carbocycles. The highest BCUT2D eigenvalue weighted by Crippen LogP contribution is 2.33. The smallest absolute Gasteiger partial charge is 0.293 e. The number of carbonyl (C=O) groups is 2. The van der Waals surface area contributed by atoms with Gasteiger partial charge in [-0.25, -0.2) is 9.37 Å². The molecule has 1 saturated heterocycles. The number of anilines is 3. The van der Waals surface area contributed by atoms with Crippen molar-refractivity contribution in [1.82, 2.24) is 19.4 Å².